The van der Waals surface area contributed by atoms with E-state index in [1.165, 1.54) is 5.56 Å². The van der Waals surface area contributed by atoms with Gasteiger partial charge in [0.05, 0.1) is 6.54 Å². The largest absolute Gasteiger partial charge is 0.488 e. The van der Waals surface area contributed by atoms with E-state index in [0.29, 0.717) is 18.2 Å². The van der Waals surface area contributed by atoms with Gasteiger partial charge < -0.3 is 10.1 Å². The maximum atomic E-state index is 8.77. The zero-order valence-electron chi connectivity index (χ0n) is 10.2. The number of hydrogen-bond acceptors (Lipinski definition) is 5. The first-order valence-corrected chi connectivity index (χ1v) is 6.07. The number of benzene rings is 1. The van der Waals surface area contributed by atoms with E-state index in [0.717, 1.165) is 12.2 Å². The van der Waals surface area contributed by atoms with Crippen LogP contribution in [0.5, 0.6) is 5.75 Å². The van der Waals surface area contributed by atoms with Crippen LogP contribution < -0.4 is 10.1 Å². The number of hydrogen-bond donors (Lipinski definition) is 1. The van der Waals surface area contributed by atoms with E-state index in [1.807, 2.05) is 24.3 Å². The predicted octanol–water partition coefficient (Wildman–Crippen LogP) is 1.76. The summed E-state index contributed by atoms with van der Waals surface area (Å²) >= 11 is 0. The lowest BCUT2D eigenvalue weighted by molar-refractivity contribution is 0.246. The Balaban J connectivity index is 1.61. The number of para-hydroxylation sites is 1. The Kier molecular flexibility index (Phi) is 2.99. The van der Waals surface area contributed by atoms with Gasteiger partial charge >= 0.3 is 0 Å². The van der Waals surface area contributed by atoms with E-state index in [-0.39, 0.29) is 6.10 Å². The summed E-state index contributed by atoms with van der Waals surface area (Å²) in [5.41, 5.74) is 1.58. The molecule has 0 spiro atoms. The van der Waals surface area contributed by atoms with Crippen molar-refractivity contribution in [3.8, 4) is 11.8 Å². The van der Waals surface area contributed by atoms with Crippen molar-refractivity contribution >= 4 is 5.95 Å². The normalized spacial score (nSPS) is 16.3. The number of nitrogens with one attached hydrogen (secondary N) is 1. The minimum atomic E-state index is 0.0757. The minimum absolute atomic E-state index is 0.0757. The SMILES string of the molecule is N#Cc1ccnc(NCC2Cc3ccccc3O2)n1. The lowest BCUT2D eigenvalue weighted by atomic mass is 10.1. The minimum Gasteiger partial charge on any atom is -0.488 e. The van der Waals surface area contributed by atoms with Crippen molar-refractivity contribution in [1.29, 1.82) is 5.26 Å². The monoisotopic (exact) mass is 252 g/mol. The topological polar surface area (TPSA) is 70.8 Å². The molecule has 1 aliphatic rings. The van der Waals surface area contributed by atoms with Gasteiger partial charge in [0.1, 0.15) is 23.6 Å². The molecule has 1 aromatic carbocycles. The molecule has 94 valence electrons. The van der Waals surface area contributed by atoms with Gasteiger partial charge in [-0.15, -0.1) is 0 Å². The Morgan fingerprint density at radius 3 is 3.11 bits per heavy atom. The van der Waals surface area contributed by atoms with Gasteiger partial charge in [0.15, 0.2) is 0 Å². The van der Waals surface area contributed by atoms with Crippen LogP contribution in [0.4, 0.5) is 5.95 Å². The molecule has 0 saturated heterocycles. The van der Waals surface area contributed by atoms with E-state index in [9.17, 15) is 0 Å². The maximum absolute atomic E-state index is 8.77. The third-order valence-corrected chi connectivity index (χ3v) is 2.97. The molecular weight excluding hydrogens is 240 g/mol. The first-order valence-electron chi connectivity index (χ1n) is 6.07. The van der Waals surface area contributed by atoms with Gasteiger partial charge in [0.25, 0.3) is 0 Å². The van der Waals surface area contributed by atoms with Gasteiger partial charge in [-0.1, -0.05) is 18.2 Å². The van der Waals surface area contributed by atoms with Gasteiger partial charge in [-0.2, -0.15) is 5.26 Å². The second-order valence-corrected chi connectivity index (χ2v) is 4.31. The van der Waals surface area contributed by atoms with Gasteiger partial charge in [0.2, 0.25) is 5.95 Å². The zero-order valence-corrected chi connectivity index (χ0v) is 10.2. The number of aromatic nitrogens is 2. The number of nitriles is 1. The number of fused-ring (bicyclic) bond motifs is 1. The molecule has 0 bridgehead atoms. The molecule has 3 rings (SSSR count). The molecule has 1 aliphatic heterocycles. The molecule has 2 aromatic rings. The molecule has 1 atom stereocenters. The van der Waals surface area contributed by atoms with Crippen molar-refractivity contribution in [3.63, 3.8) is 0 Å². The van der Waals surface area contributed by atoms with Crippen molar-refractivity contribution in [2.75, 3.05) is 11.9 Å². The standard InChI is InChI=1S/C14H12N4O/c15-8-11-5-6-16-14(18-11)17-9-12-7-10-3-1-2-4-13(10)19-12/h1-6,12H,7,9H2,(H,16,17,18). The molecule has 0 saturated carbocycles. The van der Waals surface area contributed by atoms with E-state index < -0.39 is 0 Å². The Labute approximate surface area is 110 Å². The van der Waals surface area contributed by atoms with E-state index in [2.05, 4.69) is 21.4 Å². The molecule has 2 heterocycles. The summed E-state index contributed by atoms with van der Waals surface area (Å²) in [4.78, 5) is 8.13. The Morgan fingerprint density at radius 2 is 2.26 bits per heavy atom. The first-order chi connectivity index (χ1) is 9.35. The maximum Gasteiger partial charge on any atom is 0.224 e. The fourth-order valence-corrected chi connectivity index (χ4v) is 2.08. The van der Waals surface area contributed by atoms with Crippen molar-refractivity contribution in [3.05, 3.63) is 47.8 Å². The van der Waals surface area contributed by atoms with Crippen molar-refractivity contribution in [2.24, 2.45) is 0 Å². The highest BCUT2D eigenvalue weighted by molar-refractivity contribution is 5.38. The highest BCUT2D eigenvalue weighted by Gasteiger charge is 2.22. The lowest BCUT2D eigenvalue weighted by Crippen LogP contribution is -2.24. The highest BCUT2D eigenvalue weighted by Crippen LogP contribution is 2.27. The molecule has 1 N–H and O–H groups in total. The number of anilines is 1. The lowest BCUT2D eigenvalue weighted by Gasteiger charge is -2.11. The van der Waals surface area contributed by atoms with Crippen LogP contribution in [0, 0.1) is 11.3 Å². The smallest absolute Gasteiger partial charge is 0.224 e. The van der Waals surface area contributed by atoms with Gasteiger partial charge in [-0.05, 0) is 17.7 Å². The highest BCUT2D eigenvalue weighted by atomic mass is 16.5. The summed E-state index contributed by atoms with van der Waals surface area (Å²) in [7, 11) is 0. The van der Waals surface area contributed by atoms with Gasteiger partial charge in [-0.3, -0.25) is 0 Å². The zero-order chi connectivity index (χ0) is 13.1. The van der Waals surface area contributed by atoms with Crippen molar-refractivity contribution in [2.45, 2.75) is 12.5 Å². The molecule has 0 radical (unpaired) electrons. The van der Waals surface area contributed by atoms with Crippen LogP contribution in [0.15, 0.2) is 36.5 Å². The summed E-state index contributed by atoms with van der Waals surface area (Å²) in [5.74, 6) is 1.40. The summed E-state index contributed by atoms with van der Waals surface area (Å²) in [5, 5.41) is 11.9. The van der Waals surface area contributed by atoms with Crippen LogP contribution in [0.25, 0.3) is 0 Å². The first kappa shape index (κ1) is 11.5. The Bertz CT molecular complexity index is 610. The second kappa shape index (κ2) is 4.94. The van der Waals surface area contributed by atoms with Crippen LogP contribution in [0.2, 0.25) is 0 Å². The summed E-state index contributed by atoms with van der Waals surface area (Å²) in [6, 6.07) is 11.6. The summed E-state index contributed by atoms with van der Waals surface area (Å²) in [6.45, 7) is 0.615. The average molecular weight is 252 g/mol. The van der Waals surface area contributed by atoms with Crippen LogP contribution in [-0.2, 0) is 6.42 Å². The van der Waals surface area contributed by atoms with Gasteiger partial charge in [-0.25, -0.2) is 9.97 Å². The Morgan fingerprint density at radius 1 is 1.37 bits per heavy atom. The fraction of sp³-hybridized carbons (Fsp3) is 0.214. The van der Waals surface area contributed by atoms with Crippen LogP contribution in [0.3, 0.4) is 0 Å². The number of ether oxygens (including phenoxy) is 1. The molecule has 5 heteroatoms. The Hall–Kier alpha value is -2.61. The summed E-state index contributed by atoms with van der Waals surface area (Å²) < 4.78 is 5.80. The molecule has 0 fully saturated rings. The molecule has 1 unspecified atom stereocenters. The average Bonchev–Trinajstić information content (AvgIpc) is 2.88. The fourth-order valence-electron chi connectivity index (χ4n) is 2.08. The quantitative estimate of drug-likeness (QED) is 0.901. The van der Waals surface area contributed by atoms with E-state index in [4.69, 9.17) is 10.00 Å². The molecule has 5 nitrogen and oxygen atoms in total. The van der Waals surface area contributed by atoms with Crippen LogP contribution >= 0.6 is 0 Å². The molecule has 19 heavy (non-hydrogen) atoms. The van der Waals surface area contributed by atoms with Crippen LogP contribution in [-0.4, -0.2) is 22.6 Å². The van der Waals surface area contributed by atoms with Crippen LogP contribution in [0.1, 0.15) is 11.3 Å². The molecular formula is C14H12N4O. The number of rotatable bonds is 3. The van der Waals surface area contributed by atoms with E-state index in [1.54, 1.807) is 12.3 Å². The van der Waals surface area contributed by atoms with Crippen molar-refractivity contribution in [1.82, 2.24) is 9.97 Å². The van der Waals surface area contributed by atoms with Gasteiger partial charge in [0, 0.05) is 12.6 Å². The molecule has 0 amide bonds. The molecule has 1 aromatic heterocycles. The van der Waals surface area contributed by atoms with E-state index >= 15 is 0 Å². The third kappa shape index (κ3) is 2.47. The summed E-state index contributed by atoms with van der Waals surface area (Å²) in [6.07, 6.45) is 2.52. The third-order valence-electron chi connectivity index (χ3n) is 2.97. The second-order valence-electron chi connectivity index (χ2n) is 4.31. The molecule has 0 aliphatic carbocycles. The van der Waals surface area contributed by atoms with Crippen molar-refractivity contribution < 1.29 is 4.74 Å². The number of nitrogens with zero attached hydrogens (tertiary/aromatic N) is 3. The predicted molar refractivity (Wildman–Crippen MR) is 69.8 cm³/mol.